The molecule has 0 aromatic heterocycles. The molecule has 0 atom stereocenters. The Morgan fingerprint density at radius 3 is 0.471 bits per heavy atom. The maximum Gasteiger partial charge on any atom is 0.250 e. The Morgan fingerprint density at radius 1 is 0.265 bits per heavy atom. The fourth-order valence-electron chi connectivity index (χ4n) is 3.72. The first kappa shape index (κ1) is 24.7. The molecule has 16 heteroatoms. The van der Waals surface area contributed by atoms with Crippen molar-refractivity contribution in [3.05, 3.63) is 44.5 Å². The van der Waals surface area contributed by atoms with Crippen LogP contribution in [0, 0.1) is 0 Å². The summed E-state index contributed by atoms with van der Waals surface area (Å²) in [4.78, 5) is 98.7. The molecule has 0 fully saturated rings. The van der Waals surface area contributed by atoms with Crippen LogP contribution in [-0.4, -0.2) is 47.3 Å². The zero-order valence-electron chi connectivity index (χ0n) is 16.9. The molecule has 2 rings (SSSR count). The van der Waals surface area contributed by atoms with Gasteiger partial charge in [0, 0.05) is 10.8 Å². The predicted molar refractivity (Wildman–Crippen MR) is 112 cm³/mol. The van der Waals surface area contributed by atoms with E-state index in [1.165, 1.54) is 0 Å². The van der Waals surface area contributed by atoms with Gasteiger partial charge in [-0.05, 0) is 0 Å². The van der Waals surface area contributed by atoms with E-state index in [1.807, 2.05) is 0 Å². The second-order valence-corrected chi connectivity index (χ2v) is 6.66. The Morgan fingerprint density at radius 2 is 0.382 bits per heavy atom. The molecule has 2 aromatic rings. The van der Waals surface area contributed by atoms with Gasteiger partial charge in [-0.1, -0.05) is 0 Å². The quantitative estimate of drug-likeness (QED) is 0.185. The summed E-state index contributed by atoms with van der Waals surface area (Å²) in [6, 6.07) is 0. The monoisotopic (exact) mass is 472 g/mol. The standard InChI is InChI=1S/C18H16N8O8/c19-11(27)3-1-2(5(13(21)29)9(17(25)33)7(3)15(23)31)6(14(22)30)10(18(26)34)8(16(24)32)4(1)12(20)28/h(H2,19,27)(H2,20,28)(H2,21,29)(H2,22,30)(H2,23,31)(H2,24,32)(H2,25,33)(H2,26,34). The number of primary amides is 8. The normalized spacial score (nSPS) is 10.5. The van der Waals surface area contributed by atoms with Crippen LogP contribution in [0.25, 0.3) is 10.8 Å². The maximum atomic E-state index is 12.4. The van der Waals surface area contributed by atoms with Gasteiger partial charge < -0.3 is 45.9 Å². The maximum absolute atomic E-state index is 12.4. The van der Waals surface area contributed by atoms with Gasteiger partial charge in [-0.2, -0.15) is 0 Å². The van der Waals surface area contributed by atoms with Crippen LogP contribution in [0.4, 0.5) is 0 Å². The number of hydrogen-bond donors (Lipinski definition) is 8. The molecule has 0 bridgehead atoms. The lowest BCUT2D eigenvalue weighted by Crippen LogP contribution is -2.35. The average Bonchev–Trinajstić information content (AvgIpc) is 2.68. The first-order valence-electron chi connectivity index (χ1n) is 8.69. The molecule has 0 spiro atoms. The first-order valence-corrected chi connectivity index (χ1v) is 8.69. The van der Waals surface area contributed by atoms with Crippen LogP contribution in [0.1, 0.15) is 82.9 Å². The van der Waals surface area contributed by atoms with E-state index in [0.29, 0.717) is 0 Å². The molecule has 16 N–H and O–H groups in total. The van der Waals surface area contributed by atoms with Gasteiger partial charge in [-0.25, -0.2) is 0 Å². The third-order valence-electron chi connectivity index (χ3n) is 4.72. The van der Waals surface area contributed by atoms with E-state index >= 15 is 0 Å². The summed E-state index contributed by atoms with van der Waals surface area (Å²) in [6.07, 6.45) is 0. The lowest BCUT2D eigenvalue weighted by molar-refractivity contribution is 0.0941. The van der Waals surface area contributed by atoms with E-state index in [2.05, 4.69) is 0 Å². The smallest absolute Gasteiger partial charge is 0.250 e. The average molecular weight is 472 g/mol. The van der Waals surface area contributed by atoms with Crippen molar-refractivity contribution in [3.63, 3.8) is 0 Å². The number of amides is 8. The van der Waals surface area contributed by atoms with Crippen LogP contribution in [0.15, 0.2) is 0 Å². The number of carbonyl (C=O) groups is 8. The lowest BCUT2D eigenvalue weighted by atomic mass is 9.79. The van der Waals surface area contributed by atoms with Gasteiger partial charge in [-0.15, -0.1) is 0 Å². The highest BCUT2D eigenvalue weighted by Gasteiger charge is 2.38. The van der Waals surface area contributed by atoms with Gasteiger partial charge >= 0.3 is 0 Å². The minimum atomic E-state index is -1.57. The molecular weight excluding hydrogens is 456 g/mol. The van der Waals surface area contributed by atoms with Gasteiger partial charge in [0.15, 0.2) is 0 Å². The molecule has 0 radical (unpaired) electrons. The Hall–Kier alpha value is -5.54. The summed E-state index contributed by atoms with van der Waals surface area (Å²) in [6.45, 7) is 0. The van der Waals surface area contributed by atoms with E-state index in [1.54, 1.807) is 0 Å². The van der Waals surface area contributed by atoms with Crippen molar-refractivity contribution in [3.8, 4) is 0 Å². The Bertz CT molecular complexity index is 1220. The number of benzene rings is 2. The molecule has 0 saturated carbocycles. The fourth-order valence-corrected chi connectivity index (χ4v) is 3.72. The molecule has 0 aliphatic heterocycles. The van der Waals surface area contributed by atoms with Crippen molar-refractivity contribution < 1.29 is 38.4 Å². The molecule has 0 aliphatic rings. The van der Waals surface area contributed by atoms with Crippen molar-refractivity contribution >= 4 is 58.0 Å². The van der Waals surface area contributed by atoms with E-state index in [4.69, 9.17) is 45.9 Å². The Kier molecular flexibility index (Phi) is 5.95. The second kappa shape index (κ2) is 8.19. The van der Waals surface area contributed by atoms with Crippen LogP contribution in [0.3, 0.4) is 0 Å². The number of rotatable bonds is 8. The SMILES string of the molecule is NC(=O)c1c(C(N)=O)c(C(N)=O)c2c(C(N)=O)c(C(N)=O)c(C(N)=O)c(C(N)=O)c2c1C(N)=O. The first-order chi connectivity index (χ1) is 15.6. The van der Waals surface area contributed by atoms with Crippen molar-refractivity contribution in [1.82, 2.24) is 0 Å². The summed E-state index contributed by atoms with van der Waals surface area (Å²) in [5.74, 6) is -12.6. The van der Waals surface area contributed by atoms with Crippen LogP contribution >= 0.6 is 0 Å². The summed E-state index contributed by atoms with van der Waals surface area (Å²) in [5.41, 5.74) is 33.8. The highest BCUT2D eigenvalue weighted by Crippen LogP contribution is 2.39. The topological polar surface area (TPSA) is 345 Å². The second-order valence-electron chi connectivity index (χ2n) is 6.66. The van der Waals surface area contributed by atoms with Gasteiger partial charge in [-0.3, -0.25) is 38.4 Å². The van der Waals surface area contributed by atoms with Gasteiger partial charge in [0.05, 0.1) is 44.5 Å². The lowest BCUT2D eigenvalue weighted by Gasteiger charge is -2.23. The summed E-state index contributed by atoms with van der Waals surface area (Å²) < 4.78 is 0. The van der Waals surface area contributed by atoms with Gasteiger partial charge in [0.25, 0.3) is 0 Å². The molecule has 2 aromatic carbocycles. The fraction of sp³-hybridized carbons (Fsp3) is 0. The zero-order chi connectivity index (χ0) is 26.4. The third kappa shape index (κ3) is 3.45. The minimum absolute atomic E-state index is 0.944. The summed E-state index contributed by atoms with van der Waals surface area (Å²) in [5, 5.41) is -1.89. The van der Waals surface area contributed by atoms with Crippen LogP contribution < -0.4 is 45.9 Å². The van der Waals surface area contributed by atoms with Crippen LogP contribution in [-0.2, 0) is 0 Å². The predicted octanol–water partition coefficient (Wildman–Crippen LogP) is -4.37. The van der Waals surface area contributed by atoms with Crippen LogP contribution in [0.5, 0.6) is 0 Å². The van der Waals surface area contributed by atoms with Crippen molar-refractivity contribution in [2.24, 2.45) is 45.9 Å². The summed E-state index contributed by atoms with van der Waals surface area (Å²) >= 11 is 0. The highest BCUT2D eigenvalue weighted by molar-refractivity contribution is 6.35. The van der Waals surface area contributed by atoms with E-state index in [-0.39, 0.29) is 0 Å². The molecule has 8 amide bonds. The van der Waals surface area contributed by atoms with Crippen molar-refractivity contribution in [2.75, 3.05) is 0 Å². The van der Waals surface area contributed by atoms with Gasteiger partial charge in [0.2, 0.25) is 47.3 Å². The Balaban J connectivity index is 3.85. The largest absolute Gasteiger partial charge is 0.366 e. The molecule has 0 saturated heterocycles. The van der Waals surface area contributed by atoms with Gasteiger partial charge in [0.1, 0.15) is 0 Å². The van der Waals surface area contributed by atoms with Crippen LogP contribution in [0.2, 0.25) is 0 Å². The molecular formula is C18H16N8O8. The molecule has 0 aliphatic carbocycles. The van der Waals surface area contributed by atoms with Crippen molar-refractivity contribution in [1.29, 1.82) is 0 Å². The highest BCUT2D eigenvalue weighted by atomic mass is 16.2. The third-order valence-corrected chi connectivity index (χ3v) is 4.72. The van der Waals surface area contributed by atoms with Crippen molar-refractivity contribution in [2.45, 2.75) is 0 Å². The molecule has 34 heavy (non-hydrogen) atoms. The van der Waals surface area contributed by atoms with E-state index < -0.39 is 103 Å². The van der Waals surface area contributed by atoms with E-state index in [0.717, 1.165) is 0 Å². The number of hydrogen-bond acceptors (Lipinski definition) is 8. The van der Waals surface area contributed by atoms with E-state index in [9.17, 15) is 38.4 Å². The molecule has 0 unspecified atom stereocenters. The Labute approximate surface area is 187 Å². The molecule has 0 heterocycles. The summed E-state index contributed by atoms with van der Waals surface area (Å²) in [7, 11) is 0. The minimum Gasteiger partial charge on any atom is -0.366 e. The molecule has 16 nitrogen and oxygen atoms in total. The zero-order valence-corrected chi connectivity index (χ0v) is 16.9. The number of fused-ring (bicyclic) bond motifs is 1. The molecule has 176 valence electrons. The number of nitrogens with two attached hydrogens (primary N) is 8. The number of carbonyl (C=O) groups excluding carboxylic acids is 8.